The lowest BCUT2D eigenvalue weighted by Gasteiger charge is -2.11. The number of benzene rings is 1. The van der Waals surface area contributed by atoms with Crippen LogP contribution in [0.5, 0.6) is 17.2 Å². The summed E-state index contributed by atoms with van der Waals surface area (Å²) >= 11 is 0. The maximum Gasteiger partial charge on any atom is 0.231 e. The highest BCUT2D eigenvalue weighted by Gasteiger charge is 2.13. The minimum absolute atomic E-state index is 0.306. The monoisotopic (exact) mass is 276 g/mol. The van der Waals surface area contributed by atoms with Crippen molar-refractivity contribution in [1.29, 1.82) is 0 Å². The molecule has 0 amide bonds. The molecule has 0 saturated carbocycles. The third kappa shape index (κ3) is 4.48. The molecule has 0 bridgehead atoms. The van der Waals surface area contributed by atoms with E-state index in [-0.39, 0.29) is 0 Å². The van der Waals surface area contributed by atoms with Crippen LogP contribution in [0.4, 0.5) is 0 Å². The standard InChI is InChI=1S/C17H24O3/c1-13(2)5-4-6-14(3)9-10-18-15-7-8-16-17(11-15)20-12-19-16/h5,7-8,11,14H,4,6,9-10,12H2,1-3H3. The highest BCUT2D eigenvalue weighted by Crippen LogP contribution is 2.35. The Morgan fingerprint density at radius 2 is 2.05 bits per heavy atom. The molecule has 20 heavy (non-hydrogen) atoms. The van der Waals surface area contributed by atoms with Crippen molar-refractivity contribution in [2.45, 2.75) is 40.0 Å². The topological polar surface area (TPSA) is 27.7 Å². The summed E-state index contributed by atoms with van der Waals surface area (Å²) in [4.78, 5) is 0. The Morgan fingerprint density at radius 3 is 2.85 bits per heavy atom. The van der Waals surface area contributed by atoms with Gasteiger partial charge in [0.25, 0.3) is 0 Å². The second-order valence-corrected chi connectivity index (χ2v) is 5.62. The second kappa shape index (κ2) is 7.22. The van der Waals surface area contributed by atoms with E-state index < -0.39 is 0 Å². The van der Waals surface area contributed by atoms with Crippen molar-refractivity contribution < 1.29 is 14.2 Å². The van der Waals surface area contributed by atoms with Crippen LogP contribution in [0.3, 0.4) is 0 Å². The summed E-state index contributed by atoms with van der Waals surface area (Å²) in [6.07, 6.45) is 5.75. The summed E-state index contributed by atoms with van der Waals surface area (Å²) in [5, 5.41) is 0. The molecule has 0 N–H and O–H groups in total. The fraction of sp³-hybridized carbons (Fsp3) is 0.529. The van der Waals surface area contributed by atoms with E-state index in [1.54, 1.807) is 0 Å². The maximum atomic E-state index is 5.78. The number of hydrogen-bond donors (Lipinski definition) is 0. The first-order chi connectivity index (χ1) is 9.65. The van der Waals surface area contributed by atoms with E-state index >= 15 is 0 Å². The van der Waals surface area contributed by atoms with Crippen LogP contribution in [-0.2, 0) is 0 Å². The predicted molar refractivity (Wildman–Crippen MR) is 80.5 cm³/mol. The summed E-state index contributed by atoms with van der Waals surface area (Å²) in [6.45, 7) is 7.62. The van der Waals surface area contributed by atoms with Crippen molar-refractivity contribution in [3.8, 4) is 17.2 Å². The molecule has 1 atom stereocenters. The second-order valence-electron chi connectivity index (χ2n) is 5.62. The summed E-state index contributed by atoms with van der Waals surface area (Å²) < 4.78 is 16.4. The van der Waals surface area contributed by atoms with Crippen molar-refractivity contribution in [3.05, 3.63) is 29.8 Å². The number of ether oxygens (including phenoxy) is 3. The van der Waals surface area contributed by atoms with Gasteiger partial charge in [-0.15, -0.1) is 0 Å². The Bertz CT molecular complexity index is 461. The Kier molecular flexibility index (Phi) is 5.33. The van der Waals surface area contributed by atoms with Crippen molar-refractivity contribution in [1.82, 2.24) is 0 Å². The van der Waals surface area contributed by atoms with Crippen molar-refractivity contribution in [3.63, 3.8) is 0 Å². The van der Waals surface area contributed by atoms with E-state index in [2.05, 4.69) is 26.8 Å². The van der Waals surface area contributed by atoms with E-state index in [0.29, 0.717) is 12.7 Å². The van der Waals surface area contributed by atoms with Gasteiger partial charge in [0.15, 0.2) is 11.5 Å². The highest BCUT2D eigenvalue weighted by atomic mass is 16.7. The summed E-state index contributed by atoms with van der Waals surface area (Å²) in [5.41, 5.74) is 1.40. The number of hydrogen-bond acceptors (Lipinski definition) is 3. The van der Waals surface area contributed by atoms with Crippen LogP contribution in [0.1, 0.15) is 40.0 Å². The molecule has 3 heteroatoms. The van der Waals surface area contributed by atoms with Gasteiger partial charge in [-0.3, -0.25) is 0 Å². The molecule has 1 heterocycles. The number of fused-ring (bicyclic) bond motifs is 1. The van der Waals surface area contributed by atoms with Crippen LogP contribution in [0.15, 0.2) is 29.8 Å². The Labute approximate surface area is 121 Å². The molecule has 1 aromatic carbocycles. The first-order valence-corrected chi connectivity index (χ1v) is 7.31. The molecule has 0 aromatic heterocycles. The van der Waals surface area contributed by atoms with E-state index in [9.17, 15) is 0 Å². The van der Waals surface area contributed by atoms with Gasteiger partial charge in [-0.25, -0.2) is 0 Å². The van der Waals surface area contributed by atoms with Gasteiger partial charge in [-0.05, 0) is 51.2 Å². The molecule has 110 valence electrons. The predicted octanol–water partition coefficient (Wildman–Crippen LogP) is 4.57. The first kappa shape index (κ1) is 14.8. The van der Waals surface area contributed by atoms with Crippen LogP contribution in [0, 0.1) is 5.92 Å². The van der Waals surface area contributed by atoms with Gasteiger partial charge in [-0.1, -0.05) is 18.6 Å². The Balaban J connectivity index is 1.69. The lowest BCUT2D eigenvalue weighted by molar-refractivity contribution is 0.173. The highest BCUT2D eigenvalue weighted by molar-refractivity contribution is 5.46. The van der Waals surface area contributed by atoms with Crippen molar-refractivity contribution >= 4 is 0 Å². The molecule has 1 unspecified atom stereocenters. The molecule has 0 fully saturated rings. The average molecular weight is 276 g/mol. The van der Waals surface area contributed by atoms with Gasteiger partial charge >= 0.3 is 0 Å². The Hall–Kier alpha value is -1.64. The van der Waals surface area contributed by atoms with Gasteiger partial charge in [-0.2, -0.15) is 0 Å². The summed E-state index contributed by atoms with van der Waals surface area (Å²) in [5.74, 6) is 3.11. The molecule has 3 nitrogen and oxygen atoms in total. The smallest absolute Gasteiger partial charge is 0.231 e. The van der Waals surface area contributed by atoms with Crippen molar-refractivity contribution in [2.24, 2.45) is 5.92 Å². The lowest BCUT2D eigenvalue weighted by Crippen LogP contribution is -2.04. The Morgan fingerprint density at radius 1 is 1.25 bits per heavy atom. The van der Waals surface area contributed by atoms with Gasteiger partial charge in [0.1, 0.15) is 5.75 Å². The maximum absolute atomic E-state index is 5.78. The van der Waals surface area contributed by atoms with E-state index in [1.807, 2.05) is 18.2 Å². The summed E-state index contributed by atoms with van der Waals surface area (Å²) in [6, 6.07) is 5.73. The third-order valence-corrected chi connectivity index (χ3v) is 3.44. The quantitative estimate of drug-likeness (QED) is 0.683. The largest absolute Gasteiger partial charge is 0.493 e. The van der Waals surface area contributed by atoms with Crippen LogP contribution in [0.25, 0.3) is 0 Å². The number of rotatable bonds is 7. The van der Waals surface area contributed by atoms with Gasteiger partial charge in [0.05, 0.1) is 6.61 Å². The normalized spacial score (nSPS) is 13.9. The SMILES string of the molecule is CC(C)=CCCC(C)CCOc1ccc2c(c1)OCO2. The molecule has 0 aliphatic carbocycles. The molecule has 1 aromatic rings. The average Bonchev–Trinajstić information content (AvgIpc) is 2.85. The van der Waals surface area contributed by atoms with Gasteiger partial charge in [0.2, 0.25) is 6.79 Å². The van der Waals surface area contributed by atoms with Gasteiger partial charge < -0.3 is 14.2 Å². The zero-order valence-electron chi connectivity index (χ0n) is 12.6. The van der Waals surface area contributed by atoms with Crippen LogP contribution >= 0.6 is 0 Å². The first-order valence-electron chi connectivity index (χ1n) is 7.31. The molecule has 1 aliphatic rings. The molecular weight excluding hydrogens is 252 g/mol. The molecule has 0 spiro atoms. The summed E-state index contributed by atoms with van der Waals surface area (Å²) in [7, 11) is 0. The van der Waals surface area contributed by atoms with Gasteiger partial charge in [0, 0.05) is 6.07 Å². The van der Waals surface area contributed by atoms with Crippen LogP contribution in [-0.4, -0.2) is 13.4 Å². The lowest BCUT2D eigenvalue weighted by atomic mass is 10.0. The zero-order chi connectivity index (χ0) is 14.4. The molecular formula is C17H24O3. The molecule has 2 rings (SSSR count). The minimum Gasteiger partial charge on any atom is -0.493 e. The van der Waals surface area contributed by atoms with E-state index in [4.69, 9.17) is 14.2 Å². The van der Waals surface area contributed by atoms with E-state index in [0.717, 1.165) is 36.7 Å². The molecule has 0 radical (unpaired) electrons. The van der Waals surface area contributed by atoms with Crippen LogP contribution < -0.4 is 14.2 Å². The fourth-order valence-electron chi connectivity index (χ4n) is 2.15. The minimum atomic E-state index is 0.306. The molecule has 0 saturated heterocycles. The van der Waals surface area contributed by atoms with E-state index in [1.165, 1.54) is 12.0 Å². The third-order valence-electron chi connectivity index (χ3n) is 3.44. The van der Waals surface area contributed by atoms with Crippen LogP contribution in [0.2, 0.25) is 0 Å². The molecule has 1 aliphatic heterocycles. The fourth-order valence-corrected chi connectivity index (χ4v) is 2.15. The van der Waals surface area contributed by atoms with Crippen molar-refractivity contribution in [2.75, 3.05) is 13.4 Å². The number of allylic oxidation sites excluding steroid dienone is 2. The zero-order valence-corrected chi connectivity index (χ0v) is 12.6.